The van der Waals surface area contributed by atoms with E-state index in [0.717, 1.165) is 17.0 Å². The molecule has 5 nitrogen and oxygen atoms in total. The van der Waals surface area contributed by atoms with Crippen LogP contribution in [0.4, 0.5) is 5.69 Å². The van der Waals surface area contributed by atoms with Gasteiger partial charge in [-0.05, 0) is 23.8 Å². The molecular weight excluding hydrogens is 282 g/mol. The second-order valence-corrected chi connectivity index (χ2v) is 5.35. The molecule has 0 radical (unpaired) electrons. The summed E-state index contributed by atoms with van der Waals surface area (Å²) in [7, 11) is 1.64. The molecule has 0 saturated carbocycles. The van der Waals surface area contributed by atoms with Crippen LogP contribution in [0.5, 0.6) is 17.2 Å². The third-order valence-corrected chi connectivity index (χ3v) is 4.05. The lowest BCUT2D eigenvalue weighted by atomic mass is 9.92. The van der Waals surface area contributed by atoms with Crippen LogP contribution in [-0.2, 0) is 0 Å². The summed E-state index contributed by atoms with van der Waals surface area (Å²) in [4.78, 5) is 12.4. The van der Waals surface area contributed by atoms with E-state index in [1.54, 1.807) is 13.2 Å². The zero-order valence-electron chi connectivity index (χ0n) is 12.1. The van der Waals surface area contributed by atoms with Gasteiger partial charge in [0, 0.05) is 23.7 Å². The molecular formula is C17H15NO4. The van der Waals surface area contributed by atoms with Gasteiger partial charge >= 0.3 is 0 Å². The van der Waals surface area contributed by atoms with Gasteiger partial charge in [0.15, 0.2) is 17.3 Å². The molecule has 2 aliphatic rings. The highest BCUT2D eigenvalue weighted by atomic mass is 16.7. The highest BCUT2D eigenvalue weighted by Gasteiger charge is 2.28. The fourth-order valence-electron chi connectivity index (χ4n) is 2.86. The van der Waals surface area contributed by atoms with Crippen LogP contribution in [-0.4, -0.2) is 19.7 Å². The zero-order chi connectivity index (χ0) is 15.1. The summed E-state index contributed by atoms with van der Waals surface area (Å²) in [6, 6.07) is 11.3. The minimum Gasteiger partial charge on any atom is -0.497 e. The molecule has 22 heavy (non-hydrogen) atoms. The Labute approximate surface area is 127 Å². The summed E-state index contributed by atoms with van der Waals surface area (Å²) >= 11 is 0. The Morgan fingerprint density at radius 3 is 2.59 bits per heavy atom. The largest absolute Gasteiger partial charge is 0.497 e. The highest BCUT2D eigenvalue weighted by Crippen LogP contribution is 2.41. The van der Waals surface area contributed by atoms with E-state index < -0.39 is 0 Å². The number of benzene rings is 2. The van der Waals surface area contributed by atoms with Crippen LogP contribution < -0.4 is 19.5 Å². The standard InChI is InChI=1S/C17H15NO4/c1-20-11-4-2-10(3-5-11)13-7-15(19)12-6-16-17(22-9-21-16)8-14(12)18-13/h2-6,8,13,18H,7,9H2,1H3/t13-/m0/s1. The molecule has 0 bridgehead atoms. The van der Waals surface area contributed by atoms with Gasteiger partial charge in [-0.15, -0.1) is 0 Å². The minimum absolute atomic E-state index is 0.0497. The average molecular weight is 297 g/mol. The molecule has 0 unspecified atom stereocenters. The number of fused-ring (bicyclic) bond motifs is 2. The molecule has 112 valence electrons. The van der Waals surface area contributed by atoms with Gasteiger partial charge in [-0.1, -0.05) is 12.1 Å². The fraction of sp³-hybridized carbons (Fsp3) is 0.235. The molecule has 0 aromatic heterocycles. The zero-order valence-corrected chi connectivity index (χ0v) is 12.1. The van der Waals surface area contributed by atoms with Crippen molar-refractivity contribution in [3.8, 4) is 17.2 Å². The second-order valence-electron chi connectivity index (χ2n) is 5.35. The molecule has 5 heteroatoms. The van der Waals surface area contributed by atoms with Crippen molar-refractivity contribution in [2.75, 3.05) is 19.2 Å². The van der Waals surface area contributed by atoms with Crippen molar-refractivity contribution < 1.29 is 19.0 Å². The van der Waals surface area contributed by atoms with Crippen LogP contribution in [0.1, 0.15) is 28.4 Å². The van der Waals surface area contributed by atoms with E-state index in [2.05, 4.69) is 5.32 Å². The predicted octanol–water partition coefficient (Wildman–Crippen LogP) is 3.16. The minimum atomic E-state index is -0.0497. The van der Waals surface area contributed by atoms with Crippen molar-refractivity contribution in [2.45, 2.75) is 12.5 Å². The Kier molecular flexibility index (Phi) is 2.92. The SMILES string of the molecule is COc1ccc([C@@H]2CC(=O)c3cc4c(cc3N2)OCO4)cc1. The lowest BCUT2D eigenvalue weighted by molar-refractivity contribution is 0.0972. The topological polar surface area (TPSA) is 56.8 Å². The van der Waals surface area contributed by atoms with Gasteiger partial charge in [-0.25, -0.2) is 0 Å². The molecule has 2 heterocycles. The number of carbonyl (C=O) groups is 1. The maximum Gasteiger partial charge on any atom is 0.231 e. The van der Waals surface area contributed by atoms with Crippen molar-refractivity contribution >= 4 is 11.5 Å². The predicted molar refractivity (Wildman–Crippen MR) is 80.9 cm³/mol. The van der Waals surface area contributed by atoms with E-state index in [0.29, 0.717) is 23.5 Å². The smallest absolute Gasteiger partial charge is 0.231 e. The third-order valence-electron chi connectivity index (χ3n) is 4.05. The normalized spacial score (nSPS) is 18.6. The quantitative estimate of drug-likeness (QED) is 0.922. The molecule has 0 amide bonds. The summed E-state index contributed by atoms with van der Waals surface area (Å²) in [5.74, 6) is 2.22. The highest BCUT2D eigenvalue weighted by molar-refractivity contribution is 6.04. The molecule has 2 aliphatic heterocycles. The monoisotopic (exact) mass is 297 g/mol. The number of carbonyl (C=O) groups excluding carboxylic acids is 1. The summed E-state index contributed by atoms with van der Waals surface area (Å²) < 4.78 is 15.9. The van der Waals surface area contributed by atoms with Gasteiger partial charge in [-0.2, -0.15) is 0 Å². The first-order chi connectivity index (χ1) is 10.7. The van der Waals surface area contributed by atoms with E-state index in [-0.39, 0.29) is 18.6 Å². The molecule has 4 rings (SSSR count). The van der Waals surface area contributed by atoms with Gasteiger partial charge in [0.1, 0.15) is 5.75 Å². The molecule has 0 fully saturated rings. The van der Waals surface area contributed by atoms with Gasteiger partial charge in [0.05, 0.1) is 13.2 Å². The first kappa shape index (κ1) is 13.0. The Bertz CT molecular complexity index is 739. The van der Waals surface area contributed by atoms with Crippen LogP contribution in [0.25, 0.3) is 0 Å². The van der Waals surface area contributed by atoms with E-state index in [9.17, 15) is 4.79 Å². The lowest BCUT2D eigenvalue weighted by Crippen LogP contribution is -2.22. The molecule has 1 atom stereocenters. The van der Waals surface area contributed by atoms with Crippen molar-refractivity contribution in [2.24, 2.45) is 0 Å². The number of ketones is 1. The van der Waals surface area contributed by atoms with Crippen molar-refractivity contribution in [3.05, 3.63) is 47.5 Å². The van der Waals surface area contributed by atoms with Crippen LogP contribution >= 0.6 is 0 Å². The van der Waals surface area contributed by atoms with Crippen molar-refractivity contribution in [3.63, 3.8) is 0 Å². The van der Waals surface area contributed by atoms with E-state index in [4.69, 9.17) is 14.2 Å². The third kappa shape index (κ3) is 2.06. The van der Waals surface area contributed by atoms with Crippen LogP contribution in [0.3, 0.4) is 0 Å². The molecule has 2 aromatic carbocycles. The molecule has 1 N–H and O–H groups in total. The number of methoxy groups -OCH3 is 1. The molecule has 2 aromatic rings. The maximum absolute atomic E-state index is 12.4. The number of anilines is 1. The first-order valence-corrected chi connectivity index (χ1v) is 7.12. The number of nitrogens with one attached hydrogen (secondary N) is 1. The lowest BCUT2D eigenvalue weighted by Gasteiger charge is -2.26. The maximum atomic E-state index is 12.4. The number of hydrogen-bond donors (Lipinski definition) is 1. The Hall–Kier alpha value is -2.69. The Balaban J connectivity index is 1.67. The number of hydrogen-bond acceptors (Lipinski definition) is 5. The van der Waals surface area contributed by atoms with E-state index >= 15 is 0 Å². The fourth-order valence-corrected chi connectivity index (χ4v) is 2.86. The van der Waals surface area contributed by atoms with Crippen LogP contribution in [0, 0.1) is 0 Å². The number of rotatable bonds is 2. The Morgan fingerprint density at radius 2 is 1.86 bits per heavy atom. The summed E-state index contributed by atoms with van der Waals surface area (Å²) in [5.41, 5.74) is 2.51. The van der Waals surface area contributed by atoms with Crippen molar-refractivity contribution in [1.82, 2.24) is 0 Å². The summed E-state index contributed by atoms with van der Waals surface area (Å²) in [5, 5.41) is 3.41. The van der Waals surface area contributed by atoms with E-state index in [1.165, 1.54) is 0 Å². The molecule has 0 spiro atoms. The van der Waals surface area contributed by atoms with Gasteiger partial charge in [0.2, 0.25) is 6.79 Å². The second kappa shape index (κ2) is 4.94. The van der Waals surface area contributed by atoms with E-state index in [1.807, 2.05) is 30.3 Å². The van der Waals surface area contributed by atoms with Crippen LogP contribution in [0.2, 0.25) is 0 Å². The van der Waals surface area contributed by atoms with Gasteiger partial charge in [0.25, 0.3) is 0 Å². The summed E-state index contributed by atoms with van der Waals surface area (Å²) in [6.45, 7) is 0.203. The number of ether oxygens (including phenoxy) is 3. The van der Waals surface area contributed by atoms with Gasteiger partial charge in [-0.3, -0.25) is 4.79 Å². The van der Waals surface area contributed by atoms with Gasteiger partial charge < -0.3 is 19.5 Å². The first-order valence-electron chi connectivity index (χ1n) is 7.12. The van der Waals surface area contributed by atoms with Crippen molar-refractivity contribution in [1.29, 1.82) is 0 Å². The molecule has 0 saturated heterocycles. The van der Waals surface area contributed by atoms with Crippen LogP contribution in [0.15, 0.2) is 36.4 Å². The summed E-state index contributed by atoms with van der Waals surface area (Å²) in [6.07, 6.45) is 0.416. The number of Topliss-reactive ketones (excluding diaryl/α,β-unsaturated/α-hetero) is 1. The molecule has 0 aliphatic carbocycles. The average Bonchev–Trinajstić information content (AvgIpc) is 3.00. The Morgan fingerprint density at radius 1 is 1.14 bits per heavy atom.